The van der Waals surface area contributed by atoms with Crippen LogP contribution in [-0.4, -0.2) is 33.4 Å². The first-order chi connectivity index (χ1) is 11.4. The number of amides is 1. The maximum Gasteiger partial charge on any atom is 0.321 e. The molecule has 0 aliphatic rings. The number of ether oxygens (including phenoxy) is 1. The van der Waals surface area contributed by atoms with E-state index in [2.05, 4.69) is 10.0 Å². The smallest absolute Gasteiger partial charge is 0.321 e. The van der Waals surface area contributed by atoms with Crippen LogP contribution < -0.4 is 10.0 Å². The van der Waals surface area contributed by atoms with Crippen molar-refractivity contribution in [3.05, 3.63) is 46.8 Å². The van der Waals surface area contributed by atoms with Crippen LogP contribution >= 0.6 is 22.9 Å². The minimum atomic E-state index is -3.75. The molecule has 0 fully saturated rings. The Morgan fingerprint density at radius 2 is 2.00 bits per heavy atom. The van der Waals surface area contributed by atoms with Gasteiger partial charge in [0.15, 0.2) is 6.61 Å². The van der Waals surface area contributed by atoms with Crippen molar-refractivity contribution in [3.63, 3.8) is 0 Å². The predicted molar refractivity (Wildman–Crippen MR) is 90.5 cm³/mol. The summed E-state index contributed by atoms with van der Waals surface area (Å²) < 4.78 is 30.5. The van der Waals surface area contributed by atoms with Crippen LogP contribution in [-0.2, 0) is 24.3 Å². The fourth-order valence-electron chi connectivity index (χ4n) is 1.60. The Morgan fingerprint density at radius 3 is 2.67 bits per heavy atom. The fourth-order valence-corrected chi connectivity index (χ4v) is 3.80. The number of hydrogen-bond donors (Lipinski definition) is 2. The van der Waals surface area contributed by atoms with Gasteiger partial charge in [-0.05, 0) is 29.6 Å². The number of sulfonamides is 1. The SMILES string of the molecule is O=C(COC(=O)CNS(=O)(=O)c1cccs1)Nc1cccc(Cl)c1. The van der Waals surface area contributed by atoms with Gasteiger partial charge in [0, 0.05) is 10.7 Å². The molecule has 0 atom stereocenters. The van der Waals surface area contributed by atoms with E-state index in [4.69, 9.17) is 16.3 Å². The second-order valence-electron chi connectivity index (χ2n) is 4.48. The summed E-state index contributed by atoms with van der Waals surface area (Å²) in [6.07, 6.45) is 0. The minimum absolute atomic E-state index is 0.0917. The Hall–Kier alpha value is -1.94. The van der Waals surface area contributed by atoms with Crippen molar-refractivity contribution in [3.8, 4) is 0 Å². The molecule has 1 amide bonds. The molecule has 2 N–H and O–H groups in total. The average Bonchev–Trinajstić information content (AvgIpc) is 3.06. The number of esters is 1. The molecule has 0 spiro atoms. The molecule has 0 aliphatic heterocycles. The van der Waals surface area contributed by atoms with E-state index in [1.807, 2.05) is 0 Å². The van der Waals surface area contributed by atoms with Gasteiger partial charge in [-0.3, -0.25) is 9.59 Å². The molecule has 10 heteroatoms. The number of benzene rings is 1. The number of thiophene rings is 1. The Morgan fingerprint density at radius 1 is 1.21 bits per heavy atom. The summed E-state index contributed by atoms with van der Waals surface area (Å²) in [5.41, 5.74) is 0.460. The van der Waals surface area contributed by atoms with Gasteiger partial charge < -0.3 is 10.1 Å². The van der Waals surface area contributed by atoms with Crippen molar-refractivity contribution in [2.45, 2.75) is 4.21 Å². The Balaban J connectivity index is 1.76. The normalized spacial score (nSPS) is 11.0. The van der Waals surface area contributed by atoms with Gasteiger partial charge >= 0.3 is 5.97 Å². The molecule has 0 saturated carbocycles. The van der Waals surface area contributed by atoms with Gasteiger partial charge in [-0.2, -0.15) is 4.72 Å². The zero-order valence-corrected chi connectivity index (χ0v) is 14.6. The molecular formula is C14H13ClN2O5S2. The van der Waals surface area contributed by atoms with E-state index in [0.29, 0.717) is 10.7 Å². The van der Waals surface area contributed by atoms with E-state index >= 15 is 0 Å². The van der Waals surface area contributed by atoms with Gasteiger partial charge in [-0.1, -0.05) is 23.7 Å². The van der Waals surface area contributed by atoms with Crippen molar-refractivity contribution in [1.29, 1.82) is 0 Å². The van der Waals surface area contributed by atoms with Crippen LogP contribution in [0.3, 0.4) is 0 Å². The fraction of sp³-hybridized carbons (Fsp3) is 0.143. The summed E-state index contributed by atoms with van der Waals surface area (Å²) >= 11 is 6.81. The quantitative estimate of drug-likeness (QED) is 0.705. The maximum atomic E-state index is 11.8. The summed E-state index contributed by atoms with van der Waals surface area (Å²) in [7, 11) is -3.75. The molecule has 128 valence electrons. The number of hydrogen-bond acceptors (Lipinski definition) is 6. The number of halogens is 1. The lowest BCUT2D eigenvalue weighted by molar-refractivity contribution is -0.146. The molecule has 7 nitrogen and oxygen atoms in total. The molecule has 2 rings (SSSR count). The van der Waals surface area contributed by atoms with E-state index in [9.17, 15) is 18.0 Å². The highest BCUT2D eigenvalue weighted by Gasteiger charge is 2.17. The Labute approximate surface area is 147 Å². The molecule has 0 bridgehead atoms. The average molecular weight is 389 g/mol. The maximum absolute atomic E-state index is 11.8. The lowest BCUT2D eigenvalue weighted by Crippen LogP contribution is -2.32. The van der Waals surface area contributed by atoms with E-state index in [-0.39, 0.29) is 4.21 Å². The van der Waals surface area contributed by atoms with Crippen LogP contribution in [0, 0.1) is 0 Å². The first-order valence-corrected chi connectivity index (χ1v) is 9.35. The molecule has 1 heterocycles. The largest absolute Gasteiger partial charge is 0.455 e. The van der Waals surface area contributed by atoms with Crippen molar-refractivity contribution >= 4 is 50.5 Å². The zero-order valence-electron chi connectivity index (χ0n) is 12.2. The minimum Gasteiger partial charge on any atom is -0.455 e. The van der Waals surface area contributed by atoms with E-state index < -0.39 is 35.1 Å². The first kappa shape index (κ1) is 18.4. The van der Waals surface area contributed by atoms with Crippen LogP contribution in [0.1, 0.15) is 0 Å². The molecule has 0 unspecified atom stereocenters. The van der Waals surface area contributed by atoms with Gasteiger partial charge in [-0.25, -0.2) is 8.42 Å². The van der Waals surface area contributed by atoms with Crippen molar-refractivity contribution in [1.82, 2.24) is 4.72 Å². The Bertz CT molecular complexity index is 821. The highest BCUT2D eigenvalue weighted by molar-refractivity contribution is 7.91. The van der Waals surface area contributed by atoms with E-state index in [1.54, 1.807) is 29.6 Å². The van der Waals surface area contributed by atoms with Crippen LogP contribution in [0.25, 0.3) is 0 Å². The van der Waals surface area contributed by atoms with Crippen molar-refractivity contribution in [2.24, 2.45) is 0 Å². The second kappa shape index (κ2) is 8.25. The first-order valence-electron chi connectivity index (χ1n) is 6.61. The zero-order chi connectivity index (χ0) is 17.6. The third kappa shape index (κ3) is 5.60. The second-order valence-corrected chi connectivity index (χ2v) is 7.85. The summed E-state index contributed by atoms with van der Waals surface area (Å²) in [5, 5.41) is 4.55. The van der Waals surface area contributed by atoms with E-state index in [1.165, 1.54) is 12.1 Å². The van der Waals surface area contributed by atoms with Crippen LogP contribution in [0.2, 0.25) is 5.02 Å². The monoisotopic (exact) mass is 388 g/mol. The van der Waals surface area contributed by atoms with Crippen LogP contribution in [0.5, 0.6) is 0 Å². The summed E-state index contributed by atoms with van der Waals surface area (Å²) in [6.45, 7) is -1.10. The van der Waals surface area contributed by atoms with Gasteiger partial charge in [0.1, 0.15) is 10.8 Å². The third-order valence-electron chi connectivity index (χ3n) is 2.64. The molecule has 1 aromatic heterocycles. The number of carbonyl (C=O) groups excluding carboxylic acids is 2. The highest BCUT2D eigenvalue weighted by atomic mass is 35.5. The van der Waals surface area contributed by atoms with Gasteiger partial charge in [0.05, 0.1) is 0 Å². The molecule has 2 aromatic rings. The Kier molecular flexibility index (Phi) is 6.32. The molecule has 24 heavy (non-hydrogen) atoms. The number of rotatable bonds is 7. The van der Waals surface area contributed by atoms with E-state index in [0.717, 1.165) is 11.3 Å². The summed E-state index contributed by atoms with van der Waals surface area (Å²) in [5.74, 6) is -1.43. The van der Waals surface area contributed by atoms with Crippen molar-refractivity contribution in [2.75, 3.05) is 18.5 Å². The number of anilines is 1. The summed E-state index contributed by atoms with van der Waals surface area (Å²) in [6, 6.07) is 9.46. The topological polar surface area (TPSA) is 102 Å². The molecule has 0 saturated heterocycles. The lowest BCUT2D eigenvalue weighted by Gasteiger charge is -2.07. The molecule has 1 aromatic carbocycles. The molecular weight excluding hydrogens is 376 g/mol. The van der Waals surface area contributed by atoms with Gasteiger partial charge in [-0.15, -0.1) is 11.3 Å². The standard InChI is InChI=1S/C14H13ClN2O5S2/c15-10-3-1-4-11(7-10)17-12(18)9-22-13(19)8-16-24(20,21)14-5-2-6-23-14/h1-7,16H,8-9H2,(H,17,18). The summed E-state index contributed by atoms with van der Waals surface area (Å²) in [4.78, 5) is 23.2. The van der Waals surface area contributed by atoms with Gasteiger partial charge in [0.2, 0.25) is 0 Å². The third-order valence-corrected chi connectivity index (χ3v) is 5.67. The number of carbonyl (C=O) groups is 2. The van der Waals surface area contributed by atoms with Crippen LogP contribution in [0.4, 0.5) is 5.69 Å². The van der Waals surface area contributed by atoms with Crippen molar-refractivity contribution < 1.29 is 22.7 Å². The predicted octanol–water partition coefficient (Wildman–Crippen LogP) is 1.86. The van der Waals surface area contributed by atoms with Gasteiger partial charge in [0.25, 0.3) is 15.9 Å². The number of nitrogens with one attached hydrogen (secondary N) is 2. The lowest BCUT2D eigenvalue weighted by atomic mass is 10.3. The van der Waals surface area contributed by atoms with Crippen LogP contribution in [0.15, 0.2) is 46.0 Å². The molecule has 0 radical (unpaired) electrons. The molecule has 0 aliphatic carbocycles. The highest BCUT2D eigenvalue weighted by Crippen LogP contribution is 2.15.